The minimum atomic E-state index is -4.55. The van der Waals surface area contributed by atoms with Gasteiger partial charge in [0, 0.05) is 13.0 Å². The van der Waals surface area contributed by atoms with E-state index in [9.17, 15) is 19.4 Å². The Labute approximate surface area is 353 Å². The van der Waals surface area contributed by atoms with Gasteiger partial charge in [-0.15, -0.1) is 0 Å². The highest BCUT2D eigenvalue weighted by molar-refractivity contribution is 7.47. The summed E-state index contributed by atoms with van der Waals surface area (Å²) in [6.45, 7) is 3.24. The summed E-state index contributed by atoms with van der Waals surface area (Å²) in [5, 5.41) is 18.4. The van der Waals surface area contributed by atoms with Gasteiger partial charge in [0.05, 0.1) is 26.4 Å². The molecule has 0 bridgehead atoms. The number of hydrogen-bond donors (Lipinski definition) is 3. The highest BCUT2D eigenvalue weighted by Gasteiger charge is 2.26. The van der Waals surface area contributed by atoms with Gasteiger partial charge < -0.3 is 24.6 Å². The van der Waals surface area contributed by atoms with Crippen LogP contribution in [0.2, 0.25) is 0 Å². The number of phosphoric acid groups is 1. The molecule has 0 heterocycles. The molecule has 0 spiro atoms. The number of phosphoric ester groups is 1. The Kier molecular flexibility index (Phi) is 42.0. The number of allylic oxidation sites excluding steroid dienone is 16. The molecule has 0 aromatic heterocycles. The number of aliphatic hydroxyl groups excluding tert-OH is 2. The first-order valence-electron chi connectivity index (χ1n) is 22.2. The van der Waals surface area contributed by atoms with E-state index in [-0.39, 0.29) is 13.0 Å². The molecule has 0 radical (unpaired) electrons. The number of carbonyl (C=O) groups excluding carboxylic acids is 1. The number of rotatable bonds is 41. The van der Waals surface area contributed by atoms with E-state index in [1.807, 2.05) is 12.2 Å². The molecule has 0 fully saturated rings. The summed E-state index contributed by atoms with van der Waals surface area (Å²) in [6.07, 6.45) is 55.2. The van der Waals surface area contributed by atoms with Gasteiger partial charge in [-0.25, -0.2) is 4.57 Å². The second kappa shape index (κ2) is 43.9. The van der Waals surface area contributed by atoms with Crippen LogP contribution in [0.4, 0.5) is 0 Å². The lowest BCUT2D eigenvalue weighted by Gasteiger charge is -2.20. The molecule has 332 valence electrons. The van der Waals surface area contributed by atoms with Crippen molar-refractivity contribution in [1.29, 1.82) is 0 Å². The maximum absolute atomic E-state index is 12.6. The Bertz CT molecular complexity index is 1220. The second-order valence-electron chi connectivity index (χ2n) is 14.3. The highest BCUT2D eigenvalue weighted by Crippen LogP contribution is 2.43. The summed E-state index contributed by atoms with van der Waals surface area (Å²) in [4.78, 5) is 22.6. The van der Waals surface area contributed by atoms with Gasteiger partial charge in [-0.3, -0.25) is 13.8 Å². The summed E-state index contributed by atoms with van der Waals surface area (Å²) in [5.41, 5.74) is 0. The lowest BCUT2D eigenvalue weighted by atomic mass is 10.1. The molecule has 0 aromatic carbocycles. The maximum Gasteiger partial charge on any atom is 0.472 e. The van der Waals surface area contributed by atoms with Gasteiger partial charge in [-0.05, 0) is 83.5 Å². The van der Waals surface area contributed by atoms with Crippen LogP contribution in [-0.2, 0) is 27.9 Å². The van der Waals surface area contributed by atoms with E-state index < -0.39 is 45.8 Å². The standard InChI is InChI=1S/C48H81O9P/c1-3-5-7-9-11-13-15-17-19-21-23-24-26-28-30-32-34-36-38-40-48(51)57-47(45-56-58(52,53)55-43-46(50)42-49)44-54-41-39-37-35-33-31-29-27-25-22-20-18-16-14-12-10-8-6-4-2/h5,7,11-14,17-20,23-24,28,30,34,36,46-47,49-50H,3-4,6,8-10,15-16,21-22,25-27,29,31-33,35,37-45H2,1-2H3,(H,52,53)/b7-5-,13-11-,14-12-,19-17-,20-18-,24-23-,30-28-,36-34-. The van der Waals surface area contributed by atoms with Crippen molar-refractivity contribution in [2.45, 2.75) is 167 Å². The van der Waals surface area contributed by atoms with Crippen molar-refractivity contribution in [3.8, 4) is 0 Å². The van der Waals surface area contributed by atoms with Gasteiger partial charge in [0.25, 0.3) is 0 Å². The number of aliphatic hydroxyl groups is 2. The third-order valence-corrected chi connectivity index (χ3v) is 9.72. The van der Waals surface area contributed by atoms with Crippen molar-refractivity contribution in [1.82, 2.24) is 0 Å². The van der Waals surface area contributed by atoms with Crippen LogP contribution in [0, 0.1) is 0 Å². The van der Waals surface area contributed by atoms with Crippen molar-refractivity contribution < 1.29 is 43.0 Å². The maximum atomic E-state index is 12.6. The zero-order valence-corrected chi connectivity index (χ0v) is 37.1. The third kappa shape index (κ3) is 43.0. The van der Waals surface area contributed by atoms with E-state index in [0.717, 1.165) is 70.6 Å². The van der Waals surface area contributed by atoms with Gasteiger partial charge in [0.1, 0.15) is 12.2 Å². The first-order chi connectivity index (χ1) is 28.3. The molecule has 58 heavy (non-hydrogen) atoms. The van der Waals surface area contributed by atoms with Crippen molar-refractivity contribution in [3.05, 3.63) is 97.2 Å². The predicted molar refractivity (Wildman–Crippen MR) is 242 cm³/mol. The van der Waals surface area contributed by atoms with E-state index in [4.69, 9.17) is 23.6 Å². The lowest BCUT2D eigenvalue weighted by Crippen LogP contribution is -2.29. The van der Waals surface area contributed by atoms with Crippen molar-refractivity contribution in [3.63, 3.8) is 0 Å². The normalized spacial score (nSPS) is 14.9. The van der Waals surface area contributed by atoms with Crippen LogP contribution in [0.25, 0.3) is 0 Å². The van der Waals surface area contributed by atoms with Crippen LogP contribution in [0.1, 0.15) is 155 Å². The molecule has 0 aliphatic heterocycles. The Morgan fingerprint density at radius 2 is 0.983 bits per heavy atom. The molecule has 10 heteroatoms. The molecule has 3 atom stereocenters. The van der Waals surface area contributed by atoms with E-state index in [1.54, 1.807) is 0 Å². The van der Waals surface area contributed by atoms with Gasteiger partial charge in [-0.1, -0.05) is 162 Å². The molecule has 3 N–H and O–H groups in total. The molecular formula is C48H81O9P. The van der Waals surface area contributed by atoms with Gasteiger partial charge in [0.15, 0.2) is 0 Å². The van der Waals surface area contributed by atoms with Crippen LogP contribution in [-0.4, -0.2) is 66.3 Å². The largest absolute Gasteiger partial charge is 0.472 e. The minimum Gasteiger partial charge on any atom is -0.457 e. The molecule has 0 rings (SSSR count). The third-order valence-electron chi connectivity index (χ3n) is 8.77. The number of esters is 1. The first kappa shape index (κ1) is 55.4. The van der Waals surface area contributed by atoms with Gasteiger partial charge in [0.2, 0.25) is 0 Å². The number of unbranched alkanes of at least 4 members (excludes halogenated alkanes) is 11. The SMILES string of the molecule is CC/C=C\C/C=C\C/C=C\C/C=C\C/C=C\C/C=C\CCC(=O)OC(COCCCCCCCCCC/C=C\C/C=C\CCCCC)COP(=O)(O)OCC(O)CO. The molecule has 0 saturated heterocycles. The monoisotopic (exact) mass is 833 g/mol. The second-order valence-corrected chi connectivity index (χ2v) is 15.8. The molecule has 0 amide bonds. The zero-order valence-electron chi connectivity index (χ0n) is 36.2. The van der Waals surface area contributed by atoms with Crippen LogP contribution in [0.5, 0.6) is 0 Å². The van der Waals surface area contributed by atoms with E-state index in [0.29, 0.717) is 13.0 Å². The van der Waals surface area contributed by atoms with Crippen molar-refractivity contribution in [2.75, 3.05) is 33.0 Å². The fourth-order valence-electron chi connectivity index (χ4n) is 5.41. The van der Waals surface area contributed by atoms with Crippen molar-refractivity contribution in [2.24, 2.45) is 0 Å². The molecule has 0 aliphatic rings. The van der Waals surface area contributed by atoms with Crippen LogP contribution >= 0.6 is 7.82 Å². The quantitative estimate of drug-likeness (QED) is 0.0238. The average Bonchev–Trinajstić information content (AvgIpc) is 3.21. The zero-order chi connectivity index (χ0) is 42.5. The van der Waals surface area contributed by atoms with Crippen LogP contribution < -0.4 is 0 Å². The topological polar surface area (TPSA) is 132 Å². The molecule has 0 aliphatic carbocycles. The number of carbonyl (C=O) groups is 1. The van der Waals surface area contributed by atoms with Crippen molar-refractivity contribution >= 4 is 13.8 Å². The fraction of sp³-hybridized carbons (Fsp3) is 0.646. The average molecular weight is 833 g/mol. The fourth-order valence-corrected chi connectivity index (χ4v) is 6.20. The number of hydrogen-bond acceptors (Lipinski definition) is 8. The van der Waals surface area contributed by atoms with Crippen LogP contribution in [0.15, 0.2) is 97.2 Å². The predicted octanol–water partition coefficient (Wildman–Crippen LogP) is 12.5. The smallest absolute Gasteiger partial charge is 0.457 e. The Morgan fingerprint density at radius 3 is 1.48 bits per heavy atom. The van der Waals surface area contributed by atoms with E-state index in [2.05, 4.69) is 98.9 Å². The Morgan fingerprint density at radius 1 is 0.552 bits per heavy atom. The summed E-state index contributed by atoms with van der Waals surface area (Å²) < 4.78 is 33.3. The molecule has 3 unspecified atom stereocenters. The summed E-state index contributed by atoms with van der Waals surface area (Å²) in [6, 6.07) is 0. The highest BCUT2D eigenvalue weighted by atomic mass is 31.2. The molecule has 9 nitrogen and oxygen atoms in total. The van der Waals surface area contributed by atoms with Crippen LogP contribution in [0.3, 0.4) is 0 Å². The Balaban J connectivity index is 4.32. The van der Waals surface area contributed by atoms with E-state index >= 15 is 0 Å². The minimum absolute atomic E-state index is 0.00854. The molecule has 0 saturated carbocycles. The van der Waals surface area contributed by atoms with Gasteiger partial charge >= 0.3 is 13.8 Å². The number of ether oxygens (including phenoxy) is 2. The lowest BCUT2D eigenvalue weighted by molar-refractivity contribution is -0.154. The van der Waals surface area contributed by atoms with E-state index in [1.165, 1.54) is 57.8 Å². The first-order valence-corrected chi connectivity index (χ1v) is 23.7. The summed E-state index contributed by atoms with van der Waals surface area (Å²) >= 11 is 0. The molecular weight excluding hydrogens is 751 g/mol. The Hall–Kier alpha value is -2.62. The van der Waals surface area contributed by atoms with Gasteiger partial charge in [-0.2, -0.15) is 0 Å². The molecule has 0 aromatic rings. The summed E-state index contributed by atoms with van der Waals surface area (Å²) in [7, 11) is -4.55. The summed E-state index contributed by atoms with van der Waals surface area (Å²) in [5.74, 6) is -0.470.